The zero-order chi connectivity index (χ0) is 9.90. The van der Waals surface area contributed by atoms with Crippen LogP contribution in [0.15, 0.2) is 5.16 Å². The highest BCUT2D eigenvalue weighted by atomic mass is 16.7. The third-order valence-electron chi connectivity index (χ3n) is 1.71. The van der Waals surface area contributed by atoms with Gasteiger partial charge in [0.25, 0.3) is 0 Å². The summed E-state index contributed by atoms with van der Waals surface area (Å²) in [5.74, 6) is 1.75. The fourth-order valence-corrected chi connectivity index (χ4v) is 1.10. The third kappa shape index (κ3) is 2.00. The molecule has 0 spiro atoms. The van der Waals surface area contributed by atoms with E-state index in [0.29, 0.717) is 6.42 Å². The number of carbonyl (C=O) groups is 1. The molecule has 0 aliphatic carbocycles. The van der Waals surface area contributed by atoms with Gasteiger partial charge in [0.2, 0.25) is 5.60 Å². The Morgan fingerprint density at radius 2 is 2.62 bits per heavy atom. The van der Waals surface area contributed by atoms with Gasteiger partial charge in [0, 0.05) is 6.42 Å². The molecular weight excluding hydrogens is 170 g/mol. The monoisotopic (exact) mass is 181 g/mol. The zero-order valence-electron chi connectivity index (χ0n) is 7.66. The Kier molecular flexibility index (Phi) is 2.57. The summed E-state index contributed by atoms with van der Waals surface area (Å²) in [6.07, 6.45) is 5.40. The summed E-state index contributed by atoms with van der Waals surface area (Å²) in [5, 5.41) is 3.68. The summed E-state index contributed by atoms with van der Waals surface area (Å²) in [6, 6.07) is 0. The Bertz CT molecular complexity index is 290. The molecule has 1 atom stereocenters. The molecule has 1 aliphatic heterocycles. The smallest absolute Gasteiger partial charge is 0.354 e. The van der Waals surface area contributed by atoms with Gasteiger partial charge in [-0.1, -0.05) is 11.1 Å². The van der Waals surface area contributed by atoms with Gasteiger partial charge >= 0.3 is 5.97 Å². The first-order valence-electron chi connectivity index (χ1n) is 3.91. The van der Waals surface area contributed by atoms with Gasteiger partial charge in [-0.25, -0.2) is 4.79 Å². The summed E-state index contributed by atoms with van der Waals surface area (Å²) in [4.78, 5) is 16.3. The van der Waals surface area contributed by atoms with E-state index in [2.05, 4.69) is 11.1 Å². The number of terminal acetylenes is 1. The number of ether oxygens (including phenoxy) is 1. The van der Waals surface area contributed by atoms with Crippen LogP contribution in [-0.4, -0.2) is 23.9 Å². The van der Waals surface area contributed by atoms with E-state index in [1.807, 2.05) is 0 Å². The second-order valence-electron chi connectivity index (χ2n) is 3.11. The Morgan fingerprint density at radius 3 is 3.08 bits per heavy atom. The Hall–Kier alpha value is -1.50. The predicted octanol–water partition coefficient (Wildman–Crippen LogP) is 0.718. The normalized spacial score (nSPS) is 25.8. The number of carbonyl (C=O) groups excluding carboxylic acids is 1. The van der Waals surface area contributed by atoms with Gasteiger partial charge < -0.3 is 9.57 Å². The van der Waals surface area contributed by atoms with Crippen molar-refractivity contribution in [1.82, 2.24) is 0 Å². The lowest BCUT2D eigenvalue weighted by molar-refractivity contribution is -0.165. The Balaban J connectivity index is 2.53. The van der Waals surface area contributed by atoms with Crippen LogP contribution in [0.4, 0.5) is 0 Å². The molecule has 0 saturated heterocycles. The third-order valence-corrected chi connectivity index (χ3v) is 1.71. The number of hydrogen-bond donors (Lipinski definition) is 0. The first-order chi connectivity index (χ1) is 6.08. The van der Waals surface area contributed by atoms with Crippen molar-refractivity contribution < 1.29 is 14.4 Å². The van der Waals surface area contributed by atoms with E-state index in [1.165, 1.54) is 0 Å². The number of nitrogens with zero attached hydrogens (tertiary/aromatic N) is 1. The van der Waals surface area contributed by atoms with Gasteiger partial charge in [-0.15, -0.1) is 6.42 Å². The van der Waals surface area contributed by atoms with Crippen molar-refractivity contribution >= 4 is 11.7 Å². The maximum absolute atomic E-state index is 11.4. The molecule has 1 aliphatic rings. The lowest BCUT2D eigenvalue weighted by Gasteiger charge is -2.18. The fourth-order valence-electron chi connectivity index (χ4n) is 1.10. The van der Waals surface area contributed by atoms with Crippen LogP contribution in [0.5, 0.6) is 0 Å². The van der Waals surface area contributed by atoms with E-state index in [-0.39, 0.29) is 6.61 Å². The first-order valence-corrected chi connectivity index (χ1v) is 3.91. The number of esters is 1. The number of hydrogen-bond acceptors (Lipinski definition) is 4. The molecule has 0 aromatic carbocycles. The SMILES string of the molecule is C#CCOC(=O)C1(C)CC(C)=NO1. The van der Waals surface area contributed by atoms with E-state index in [0.717, 1.165) is 5.71 Å². The molecule has 0 aromatic rings. The second kappa shape index (κ2) is 3.48. The van der Waals surface area contributed by atoms with Gasteiger partial charge in [-0.3, -0.25) is 0 Å². The molecule has 0 saturated carbocycles. The van der Waals surface area contributed by atoms with Crippen LogP contribution in [0.1, 0.15) is 20.3 Å². The van der Waals surface area contributed by atoms with E-state index in [9.17, 15) is 4.79 Å². The highest BCUT2D eigenvalue weighted by Gasteiger charge is 2.42. The van der Waals surface area contributed by atoms with Crippen LogP contribution in [-0.2, 0) is 14.4 Å². The Labute approximate surface area is 76.9 Å². The lowest BCUT2D eigenvalue weighted by Crippen LogP contribution is -2.37. The van der Waals surface area contributed by atoms with Crippen molar-refractivity contribution in [2.45, 2.75) is 25.9 Å². The summed E-state index contributed by atoms with van der Waals surface area (Å²) in [7, 11) is 0. The molecule has 1 rings (SSSR count). The standard InChI is InChI=1S/C9H11NO3/c1-4-5-12-8(11)9(3)6-7(2)10-13-9/h1H,5-6H2,2-3H3. The van der Waals surface area contributed by atoms with Crippen LogP contribution < -0.4 is 0 Å². The Morgan fingerprint density at radius 1 is 1.92 bits per heavy atom. The first kappa shape index (κ1) is 9.59. The van der Waals surface area contributed by atoms with Crippen LogP contribution in [0, 0.1) is 12.3 Å². The average molecular weight is 181 g/mol. The van der Waals surface area contributed by atoms with Crippen LogP contribution in [0.2, 0.25) is 0 Å². The van der Waals surface area contributed by atoms with Gasteiger partial charge in [0.05, 0.1) is 5.71 Å². The van der Waals surface area contributed by atoms with Crippen LogP contribution in [0.3, 0.4) is 0 Å². The number of rotatable bonds is 2. The highest BCUT2D eigenvalue weighted by molar-refractivity contribution is 5.92. The van der Waals surface area contributed by atoms with Gasteiger partial charge in [0.15, 0.2) is 6.61 Å². The average Bonchev–Trinajstić information content (AvgIpc) is 2.43. The van der Waals surface area contributed by atoms with E-state index < -0.39 is 11.6 Å². The zero-order valence-corrected chi connectivity index (χ0v) is 7.66. The summed E-state index contributed by atoms with van der Waals surface area (Å²) in [5.41, 5.74) is -0.207. The van der Waals surface area contributed by atoms with Crippen molar-refractivity contribution in [2.24, 2.45) is 5.16 Å². The van der Waals surface area contributed by atoms with Gasteiger partial charge in [-0.05, 0) is 13.8 Å². The largest absolute Gasteiger partial charge is 0.449 e. The van der Waals surface area contributed by atoms with Gasteiger partial charge in [-0.2, -0.15) is 0 Å². The van der Waals surface area contributed by atoms with Crippen LogP contribution in [0.25, 0.3) is 0 Å². The highest BCUT2D eigenvalue weighted by Crippen LogP contribution is 2.24. The quantitative estimate of drug-likeness (QED) is 0.465. The number of oxime groups is 1. The van der Waals surface area contributed by atoms with Crippen molar-refractivity contribution in [3.63, 3.8) is 0 Å². The summed E-state index contributed by atoms with van der Waals surface area (Å²) >= 11 is 0. The molecule has 0 N–H and O–H groups in total. The van der Waals surface area contributed by atoms with E-state index in [1.54, 1.807) is 13.8 Å². The topological polar surface area (TPSA) is 47.9 Å². The summed E-state index contributed by atoms with van der Waals surface area (Å²) < 4.78 is 4.75. The van der Waals surface area contributed by atoms with E-state index in [4.69, 9.17) is 16.0 Å². The molecule has 70 valence electrons. The molecule has 0 aromatic heterocycles. The lowest BCUT2D eigenvalue weighted by atomic mass is 10.0. The minimum atomic E-state index is -0.985. The molecule has 4 nitrogen and oxygen atoms in total. The predicted molar refractivity (Wildman–Crippen MR) is 47.0 cm³/mol. The molecule has 1 unspecified atom stereocenters. The molecule has 0 radical (unpaired) electrons. The molecule has 13 heavy (non-hydrogen) atoms. The van der Waals surface area contributed by atoms with Crippen molar-refractivity contribution in [2.75, 3.05) is 6.61 Å². The minimum absolute atomic E-state index is 0.0309. The maximum Gasteiger partial charge on any atom is 0.354 e. The minimum Gasteiger partial charge on any atom is -0.449 e. The molecular formula is C9H11NO3. The fraction of sp³-hybridized carbons (Fsp3) is 0.556. The maximum atomic E-state index is 11.4. The van der Waals surface area contributed by atoms with E-state index >= 15 is 0 Å². The summed E-state index contributed by atoms with van der Waals surface area (Å²) in [6.45, 7) is 3.39. The van der Waals surface area contributed by atoms with Crippen molar-refractivity contribution in [1.29, 1.82) is 0 Å². The van der Waals surface area contributed by atoms with Crippen molar-refractivity contribution in [3.8, 4) is 12.3 Å². The van der Waals surface area contributed by atoms with Gasteiger partial charge in [0.1, 0.15) is 0 Å². The molecule has 0 bridgehead atoms. The molecule has 0 fully saturated rings. The van der Waals surface area contributed by atoms with Crippen LogP contribution >= 0.6 is 0 Å². The molecule has 0 amide bonds. The molecule has 1 heterocycles. The second-order valence-corrected chi connectivity index (χ2v) is 3.11. The van der Waals surface area contributed by atoms with Crippen molar-refractivity contribution in [3.05, 3.63) is 0 Å². The molecule has 4 heteroatoms.